The Bertz CT molecular complexity index is 770. The third kappa shape index (κ3) is 3.83. The molecule has 0 unspecified atom stereocenters. The van der Waals surface area contributed by atoms with Gasteiger partial charge in [-0.3, -0.25) is 0 Å². The molecule has 1 N–H and O–H groups in total. The molecular formula is C17H21NO4S. The lowest BCUT2D eigenvalue weighted by Crippen LogP contribution is -2.40. The summed E-state index contributed by atoms with van der Waals surface area (Å²) < 4.78 is 38.4. The summed E-state index contributed by atoms with van der Waals surface area (Å²) in [7, 11) is -0.739. The molecule has 0 aromatic heterocycles. The van der Waals surface area contributed by atoms with Gasteiger partial charge in [-0.05, 0) is 31.5 Å². The van der Waals surface area contributed by atoms with E-state index in [0.29, 0.717) is 11.5 Å². The maximum Gasteiger partial charge on any atom is 0.241 e. The number of hydrogen-bond acceptors (Lipinski definition) is 4. The minimum absolute atomic E-state index is 0.124. The lowest BCUT2D eigenvalue weighted by atomic mass is 9.96. The highest BCUT2D eigenvalue weighted by molar-refractivity contribution is 7.89. The summed E-state index contributed by atoms with van der Waals surface area (Å²) in [6, 6.07) is 13.9. The van der Waals surface area contributed by atoms with Crippen molar-refractivity contribution in [2.45, 2.75) is 24.3 Å². The Balaban J connectivity index is 2.36. The van der Waals surface area contributed by atoms with E-state index in [4.69, 9.17) is 9.47 Å². The van der Waals surface area contributed by atoms with Crippen molar-refractivity contribution in [3.63, 3.8) is 0 Å². The Morgan fingerprint density at radius 1 is 0.913 bits per heavy atom. The first-order chi connectivity index (χ1) is 10.8. The van der Waals surface area contributed by atoms with Gasteiger partial charge in [-0.2, -0.15) is 0 Å². The number of nitrogens with one attached hydrogen (secondary N) is 1. The smallest absolute Gasteiger partial charge is 0.241 e. The molecule has 2 aromatic rings. The van der Waals surface area contributed by atoms with Crippen molar-refractivity contribution in [2.24, 2.45) is 0 Å². The number of benzene rings is 2. The number of rotatable bonds is 6. The number of sulfonamides is 1. The maximum atomic E-state index is 12.7. The first-order valence-electron chi connectivity index (χ1n) is 7.12. The van der Waals surface area contributed by atoms with Crippen molar-refractivity contribution in [3.8, 4) is 11.5 Å². The van der Waals surface area contributed by atoms with E-state index in [-0.39, 0.29) is 4.90 Å². The first-order valence-corrected chi connectivity index (χ1v) is 8.60. The topological polar surface area (TPSA) is 64.6 Å². The molecule has 2 aromatic carbocycles. The van der Waals surface area contributed by atoms with Gasteiger partial charge in [0.1, 0.15) is 0 Å². The largest absolute Gasteiger partial charge is 0.493 e. The average molecular weight is 335 g/mol. The van der Waals surface area contributed by atoms with Crippen LogP contribution in [0.2, 0.25) is 0 Å². The highest BCUT2D eigenvalue weighted by atomic mass is 32.2. The molecule has 5 nitrogen and oxygen atoms in total. The van der Waals surface area contributed by atoms with Crippen LogP contribution in [-0.2, 0) is 15.6 Å². The predicted octanol–water partition coefficient (Wildman–Crippen LogP) is 2.92. The Morgan fingerprint density at radius 3 is 2.09 bits per heavy atom. The molecule has 0 fully saturated rings. The summed E-state index contributed by atoms with van der Waals surface area (Å²) in [6.45, 7) is 3.64. The van der Waals surface area contributed by atoms with E-state index in [0.717, 1.165) is 5.56 Å². The van der Waals surface area contributed by atoms with Crippen molar-refractivity contribution >= 4 is 10.0 Å². The van der Waals surface area contributed by atoms with Gasteiger partial charge < -0.3 is 9.47 Å². The summed E-state index contributed by atoms with van der Waals surface area (Å²) in [6.07, 6.45) is 0. The molecule has 0 aliphatic carbocycles. The molecule has 124 valence electrons. The summed E-state index contributed by atoms with van der Waals surface area (Å²) in [5.74, 6) is 0.849. The van der Waals surface area contributed by atoms with Crippen LogP contribution >= 0.6 is 0 Å². The molecule has 0 bridgehead atoms. The van der Waals surface area contributed by atoms with Gasteiger partial charge in [0.05, 0.1) is 24.7 Å². The van der Waals surface area contributed by atoms with Crippen LogP contribution in [0.3, 0.4) is 0 Å². The number of methoxy groups -OCH3 is 2. The summed E-state index contributed by atoms with van der Waals surface area (Å²) >= 11 is 0. The lowest BCUT2D eigenvalue weighted by molar-refractivity contribution is 0.353. The highest BCUT2D eigenvalue weighted by Gasteiger charge is 2.28. The van der Waals surface area contributed by atoms with Crippen LogP contribution in [0, 0.1) is 0 Å². The molecule has 0 radical (unpaired) electrons. The van der Waals surface area contributed by atoms with Crippen molar-refractivity contribution in [2.75, 3.05) is 14.2 Å². The third-order valence-corrected chi connectivity index (χ3v) is 5.20. The zero-order valence-corrected chi connectivity index (χ0v) is 14.5. The molecule has 0 amide bonds. The zero-order chi connectivity index (χ0) is 17.1. The van der Waals surface area contributed by atoms with Gasteiger partial charge in [0.15, 0.2) is 11.5 Å². The molecule has 2 rings (SSSR count). The van der Waals surface area contributed by atoms with Crippen molar-refractivity contribution in [3.05, 3.63) is 54.1 Å². The number of ether oxygens (including phenoxy) is 2. The molecule has 0 spiro atoms. The van der Waals surface area contributed by atoms with E-state index in [1.54, 1.807) is 6.07 Å². The van der Waals surface area contributed by atoms with Gasteiger partial charge in [0.25, 0.3) is 0 Å². The van der Waals surface area contributed by atoms with Gasteiger partial charge in [-0.1, -0.05) is 30.3 Å². The van der Waals surface area contributed by atoms with Gasteiger partial charge in [0, 0.05) is 6.07 Å². The van der Waals surface area contributed by atoms with Gasteiger partial charge >= 0.3 is 0 Å². The van der Waals surface area contributed by atoms with Crippen molar-refractivity contribution in [1.82, 2.24) is 4.72 Å². The molecule has 6 heteroatoms. The van der Waals surface area contributed by atoms with E-state index < -0.39 is 15.6 Å². The van der Waals surface area contributed by atoms with Gasteiger partial charge in [-0.25, -0.2) is 13.1 Å². The molecular weight excluding hydrogens is 314 g/mol. The van der Waals surface area contributed by atoms with Crippen molar-refractivity contribution in [1.29, 1.82) is 0 Å². The molecule has 0 heterocycles. The minimum atomic E-state index is -3.71. The molecule has 0 saturated carbocycles. The third-order valence-electron chi connectivity index (χ3n) is 3.55. The molecule has 0 aliphatic heterocycles. The second-order valence-corrected chi connectivity index (χ2v) is 7.30. The van der Waals surface area contributed by atoms with E-state index in [9.17, 15) is 8.42 Å². The fourth-order valence-corrected chi connectivity index (χ4v) is 3.71. The van der Waals surface area contributed by atoms with E-state index in [1.807, 2.05) is 44.2 Å². The van der Waals surface area contributed by atoms with E-state index in [2.05, 4.69) is 4.72 Å². The Morgan fingerprint density at radius 2 is 1.52 bits per heavy atom. The first kappa shape index (κ1) is 17.3. The summed E-state index contributed by atoms with van der Waals surface area (Å²) in [5.41, 5.74) is 0.136. The standard InChI is InChI=1S/C17H21NO4S/c1-17(2,13-8-6-5-7-9-13)18-23(19,20)14-10-11-15(21-3)16(12-14)22-4/h5-12,18H,1-4H3. The quantitative estimate of drug-likeness (QED) is 0.881. The van der Waals surface area contributed by atoms with Gasteiger partial charge in [0.2, 0.25) is 10.0 Å². The summed E-state index contributed by atoms with van der Waals surface area (Å²) in [4.78, 5) is 0.124. The van der Waals surface area contributed by atoms with Crippen LogP contribution < -0.4 is 14.2 Å². The fraction of sp³-hybridized carbons (Fsp3) is 0.294. The molecule has 0 saturated heterocycles. The zero-order valence-electron chi connectivity index (χ0n) is 13.7. The maximum absolute atomic E-state index is 12.7. The molecule has 23 heavy (non-hydrogen) atoms. The van der Waals surface area contributed by atoms with Crippen LogP contribution in [0.5, 0.6) is 11.5 Å². The lowest BCUT2D eigenvalue weighted by Gasteiger charge is -2.26. The van der Waals surface area contributed by atoms with E-state index >= 15 is 0 Å². The SMILES string of the molecule is COc1ccc(S(=O)(=O)NC(C)(C)c2ccccc2)cc1OC. The van der Waals surface area contributed by atoms with Gasteiger partial charge in [-0.15, -0.1) is 0 Å². The van der Waals surface area contributed by atoms with Crippen LogP contribution in [0.25, 0.3) is 0 Å². The van der Waals surface area contributed by atoms with Crippen LogP contribution in [0.4, 0.5) is 0 Å². The molecule has 0 aliphatic rings. The highest BCUT2D eigenvalue weighted by Crippen LogP contribution is 2.30. The Hall–Kier alpha value is -2.05. The van der Waals surface area contributed by atoms with Crippen LogP contribution in [0.15, 0.2) is 53.4 Å². The van der Waals surface area contributed by atoms with Crippen LogP contribution in [-0.4, -0.2) is 22.6 Å². The summed E-state index contributed by atoms with van der Waals surface area (Å²) in [5, 5.41) is 0. The predicted molar refractivity (Wildman–Crippen MR) is 89.3 cm³/mol. The Kier molecular flexibility index (Phi) is 4.97. The minimum Gasteiger partial charge on any atom is -0.493 e. The van der Waals surface area contributed by atoms with Crippen LogP contribution in [0.1, 0.15) is 19.4 Å². The average Bonchev–Trinajstić information content (AvgIpc) is 2.54. The van der Waals surface area contributed by atoms with E-state index in [1.165, 1.54) is 26.4 Å². The second kappa shape index (κ2) is 6.60. The second-order valence-electron chi connectivity index (χ2n) is 5.61. The normalized spacial score (nSPS) is 12.0. The monoisotopic (exact) mass is 335 g/mol. The van der Waals surface area contributed by atoms with Crippen molar-refractivity contribution < 1.29 is 17.9 Å². The number of hydrogen-bond donors (Lipinski definition) is 1. The molecule has 0 atom stereocenters. The fourth-order valence-electron chi connectivity index (χ4n) is 2.29. The Labute approximate surface area is 137 Å².